The van der Waals surface area contributed by atoms with Crippen LogP contribution in [0.25, 0.3) is 0 Å². The Kier molecular flexibility index (Phi) is 9.65. The third kappa shape index (κ3) is 8.07. The Morgan fingerprint density at radius 3 is 2.24 bits per heavy atom. The van der Waals surface area contributed by atoms with E-state index in [0.29, 0.717) is 23.8 Å². The Bertz CT molecular complexity index is 1410. The van der Waals surface area contributed by atoms with Crippen molar-refractivity contribution in [2.24, 2.45) is 17.4 Å². The van der Waals surface area contributed by atoms with Gasteiger partial charge in [-0.3, -0.25) is 4.79 Å². The lowest BCUT2D eigenvalue weighted by Crippen LogP contribution is -2.29. The van der Waals surface area contributed by atoms with Crippen molar-refractivity contribution >= 4 is 17.3 Å². The fraction of sp³-hybridized carbons (Fsp3) is 0.281. The molecule has 1 atom stereocenters. The number of amides is 1. The molecule has 216 valence electrons. The zero-order valence-electron chi connectivity index (χ0n) is 23.0. The van der Waals surface area contributed by atoms with Crippen LogP contribution in [0.5, 0.6) is 0 Å². The molecular formula is C32H36F3N5O. The van der Waals surface area contributed by atoms with Crippen molar-refractivity contribution in [2.75, 3.05) is 23.8 Å². The molecule has 1 fully saturated rings. The van der Waals surface area contributed by atoms with Crippen molar-refractivity contribution in [1.29, 1.82) is 0 Å². The maximum absolute atomic E-state index is 13.5. The average molecular weight is 564 g/mol. The number of halogens is 3. The Hall–Kier alpha value is -3.92. The molecular weight excluding hydrogens is 527 g/mol. The fourth-order valence-corrected chi connectivity index (χ4v) is 4.52. The summed E-state index contributed by atoms with van der Waals surface area (Å²) in [6.07, 6.45) is -1.55. The highest BCUT2D eigenvalue weighted by Gasteiger charge is 2.32. The highest BCUT2D eigenvalue weighted by molar-refractivity contribution is 6.06. The molecule has 0 bridgehead atoms. The second kappa shape index (κ2) is 13.2. The second-order valence-electron chi connectivity index (χ2n) is 10.3. The van der Waals surface area contributed by atoms with E-state index in [2.05, 4.69) is 23.3 Å². The number of carbonyl (C=O) groups excluding carboxylic acids is 1. The van der Waals surface area contributed by atoms with Gasteiger partial charge in [-0.25, -0.2) is 0 Å². The van der Waals surface area contributed by atoms with Gasteiger partial charge >= 0.3 is 6.18 Å². The van der Waals surface area contributed by atoms with Gasteiger partial charge in [0.2, 0.25) is 0 Å². The number of nitrogens with zero attached hydrogens (tertiary/aromatic N) is 1. The van der Waals surface area contributed by atoms with Crippen LogP contribution in [-0.2, 0) is 17.9 Å². The SMILES string of the molecule is C=C(/C=C(/C(=O)Nc1cccc(C(NCC2CC2)c2cccc(CN)c2)c1)N(C)c1cccc(CN)c1)C(F)(F)F. The largest absolute Gasteiger partial charge is 0.415 e. The molecule has 1 aliphatic rings. The molecule has 0 saturated heterocycles. The van der Waals surface area contributed by atoms with Gasteiger partial charge in [0.25, 0.3) is 5.91 Å². The first-order valence-electron chi connectivity index (χ1n) is 13.5. The third-order valence-corrected chi connectivity index (χ3v) is 7.11. The minimum Gasteiger partial charge on any atom is -0.340 e. The van der Waals surface area contributed by atoms with Gasteiger partial charge in [0.05, 0.1) is 11.6 Å². The quantitative estimate of drug-likeness (QED) is 0.166. The van der Waals surface area contributed by atoms with Crippen molar-refractivity contribution in [3.8, 4) is 0 Å². The van der Waals surface area contributed by atoms with Crippen LogP contribution in [-0.4, -0.2) is 25.7 Å². The van der Waals surface area contributed by atoms with E-state index in [4.69, 9.17) is 11.5 Å². The van der Waals surface area contributed by atoms with Gasteiger partial charge in [0, 0.05) is 31.5 Å². The van der Waals surface area contributed by atoms with Crippen molar-refractivity contribution in [3.05, 3.63) is 119 Å². The lowest BCUT2D eigenvalue weighted by Gasteiger charge is -2.24. The maximum Gasteiger partial charge on any atom is 0.415 e. The first-order chi connectivity index (χ1) is 19.6. The Balaban J connectivity index is 1.64. The Morgan fingerprint density at radius 1 is 1.00 bits per heavy atom. The van der Waals surface area contributed by atoms with Gasteiger partial charge < -0.3 is 27.0 Å². The summed E-state index contributed by atoms with van der Waals surface area (Å²) in [6.45, 7) is 4.66. The van der Waals surface area contributed by atoms with Crippen LogP contribution in [0, 0.1) is 5.92 Å². The highest BCUT2D eigenvalue weighted by atomic mass is 19.4. The van der Waals surface area contributed by atoms with Gasteiger partial charge in [-0.1, -0.05) is 55.1 Å². The van der Waals surface area contributed by atoms with E-state index in [1.165, 1.54) is 24.8 Å². The normalized spacial score (nSPS) is 14.4. The molecule has 1 aliphatic carbocycles. The molecule has 0 heterocycles. The first-order valence-corrected chi connectivity index (χ1v) is 13.5. The summed E-state index contributed by atoms with van der Waals surface area (Å²) in [7, 11) is 1.53. The minimum atomic E-state index is -4.69. The first kappa shape index (κ1) is 30.0. The molecule has 0 radical (unpaired) electrons. The van der Waals surface area contributed by atoms with Gasteiger partial charge in [-0.2, -0.15) is 13.2 Å². The number of rotatable bonds is 12. The number of nitrogens with one attached hydrogen (secondary N) is 2. The maximum atomic E-state index is 13.5. The minimum absolute atomic E-state index is 0.152. The van der Waals surface area contributed by atoms with E-state index in [0.717, 1.165) is 34.9 Å². The standard InChI is InChI=1S/C32H36F3N5O/c1-21(32(33,34)35)14-29(40(2)28-11-4-7-24(16-28)19-37)31(41)39-27-10-5-9-26(17-27)30(38-20-22-12-13-22)25-8-3-6-23(15-25)18-36/h3-11,14-17,22,30,38H,1,12-13,18-20,36-37H2,2H3,(H,39,41)/b29-14-. The summed E-state index contributed by atoms with van der Waals surface area (Å²) in [5, 5.41) is 6.44. The number of likely N-dealkylation sites (N-methyl/N-ethyl adjacent to an activating group) is 1. The number of hydrogen-bond donors (Lipinski definition) is 4. The summed E-state index contributed by atoms with van der Waals surface area (Å²) < 4.78 is 40.3. The molecule has 6 N–H and O–H groups in total. The summed E-state index contributed by atoms with van der Waals surface area (Å²) in [6, 6.07) is 22.2. The topological polar surface area (TPSA) is 96.4 Å². The van der Waals surface area contributed by atoms with Crippen LogP contribution >= 0.6 is 0 Å². The lowest BCUT2D eigenvalue weighted by molar-refractivity contribution is -0.112. The van der Waals surface area contributed by atoms with Crippen molar-refractivity contribution in [2.45, 2.75) is 38.1 Å². The summed E-state index contributed by atoms with van der Waals surface area (Å²) in [5.41, 5.74) is 15.0. The summed E-state index contributed by atoms with van der Waals surface area (Å²) >= 11 is 0. The van der Waals surface area contributed by atoms with E-state index in [1.54, 1.807) is 30.3 Å². The van der Waals surface area contributed by atoms with Crippen molar-refractivity contribution < 1.29 is 18.0 Å². The van der Waals surface area contributed by atoms with E-state index < -0.39 is 17.7 Å². The van der Waals surface area contributed by atoms with Crippen molar-refractivity contribution in [3.63, 3.8) is 0 Å². The van der Waals surface area contributed by atoms with Crippen LogP contribution in [0.3, 0.4) is 0 Å². The molecule has 0 aromatic heterocycles. The number of allylic oxidation sites excluding steroid dienone is 2. The molecule has 0 spiro atoms. The molecule has 41 heavy (non-hydrogen) atoms. The third-order valence-electron chi connectivity index (χ3n) is 7.11. The Labute approximate surface area is 238 Å². The van der Waals surface area contributed by atoms with Crippen LogP contribution < -0.4 is 27.0 Å². The number of carbonyl (C=O) groups is 1. The number of nitrogens with two attached hydrogens (primary N) is 2. The number of benzene rings is 3. The van der Waals surface area contributed by atoms with Crippen LogP contribution in [0.1, 0.15) is 41.1 Å². The van der Waals surface area contributed by atoms with E-state index in [1.807, 2.05) is 36.4 Å². The molecule has 3 aromatic rings. The molecule has 6 nitrogen and oxygen atoms in total. The molecule has 1 saturated carbocycles. The fourth-order valence-electron chi connectivity index (χ4n) is 4.52. The van der Waals surface area contributed by atoms with Gasteiger partial charge in [-0.05, 0) is 77.9 Å². The predicted molar refractivity (Wildman–Crippen MR) is 158 cm³/mol. The molecule has 1 amide bonds. The number of alkyl halides is 3. The molecule has 0 aliphatic heterocycles. The van der Waals surface area contributed by atoms with Gasteiger partial charge in [-0.15, -0.1) is 0 Å². The Morgan fingerprint density at radius 2 is 1.61 bits per heavy atom. The summed E-state index contributed by atoms with van der Waals surface area (Å²) in [4.78, 5) is 14.9. The molecule has 3 aromatic carbocycles. The van der Waals surface area contributed by atoms with Gasteiger partial charge in [0.15, 0.2) is 0 Å². The summed E-state index contributed by atoms with van der Waals surface area (Å²) in [5.74, 6) is -0.0679. The van der Waals surface area contributed by atoms with E-state index in [9.17, 15) is 18.0 Å². The number of anilines is 2. The zero-order valence-corrected chi connectivity index (χ0v) is 23.0. The monoisotopic (exact) mass is 563 g/mol. The molecule has 4 rings (SSSR count). The smallest absolute Gasteiger partial charge is 0.340 e. The lowest BCUT2D eigenvalue weighted by atomic mass is 9.96. The van der Waals surface area contributed by atoms with Crippen molar-refractivity contribution in [1.82, 2.24) is 5.32 Å². The molecule has 1 unspecified atom stereocenters. The van der Waals surface area contributed by atoms with E-state index >= 15 is 0 Å². The number of hydrogen-bond acceptors (Lipinski definition) is 5. The van der Waals surface area contributed by atoms with Crippen LogP contribution in [0.15, 0.2) is 96.7 Å². The zero-order chi connectivity index (χ0) is 29.6. The molecule has 9 heteroatoms. The second-order valence-corrected chi connectivity index (χ2v) is 10.3. The van der Waals surface area contributed by atoms with E-state index in [-0.39, 0.29) is 18.3 Å². The average Bonchev–Trinajstić information content (AvgIpc) is 3.80. The van der Waals surface area contributed by atoms with Crippen LogP contribution in [0.4, 0.5) is 24.5 Å². The predicted octanol–water partition coefficient (Wildman–Crippen LogP) is 5.77. The highest BCUT2D eigenvalue weighted by Crippen LogP contribution is 2.32. The van der Waals surface area contributed by atoms with Crippen LogP contribution in [0.2, 0.25) is 0 Å². The van der Waals surface area contributed by atoms with Gasteiger partial charge in [0.1, 0.15) is 5.70 Å².